The zero-order valence-electron chi connectivity index (χ0n) is 15.3. The van der Waals surface area contributed by atoms with Crippen molar-refractivity contribution in [3.63, 3.8) is 0 Å². The topological polar surface area (TPSA) is 3.24 Å². The van der Waals surface area contributed by atoms with E-state index in [0.717, 1.165) is 0 Å². The van der Waals surface area contributed by atoms with Crippen molar-refractivity contribution in [1.82, 2.24) is 0 Å². The van der Waals surface area contributed by atoms with Crippen molar-refractivity contribution >= 4 is 11.4 Å². The lowest BCUT2D eigenvalue weighted by molar-refractivity contribution is 0.590. The van der Waals surface area contributed by atoms with Crippen molar-refractivity contribution < 1.29 is 0 Å². The molecule has 0 heterocycles. The molecule has 0 atom stereocenters. The minimum atomic E-state index is 0.197. The zero-order chi connectivity index (χ0) is 16.7. The number of anilines is 2. The van der Waals surface area contributed by atoms with Crippen LogP contribution in [0.3, 0.4) is 0 Å². The van der Waals surface area contributed by atoms with Gasteiger partial charge in [-0.05, 0) is 73.1 Å². The van der Waals surface area contributed by atoms with Crippen molar-refractivity contribution in [3.8, 4) is 0 Å². The van der Waals surface area contributed by atoms with Gasteiger partial charge in [-0.3, -0.25) is 0 Å². The van der Waals surface area contributed by atoms with E-state index in [4.69, 9.17) is 0 Å². The molecular weight excluding hydrogens is 266 g/mol. The summed E-state index contributed by atoms with van der Waals surface area (Å²) in [5, 5.41) is 0. The van der Waals surface area contributed by atoms with Crippen LogP contribution in [0.15, 0.2) is 30.3 Å². The van der Waals surface area contributed by atoms with Gasteiger partial charge in [0.2, 0.25) is 0 Å². The molecule has 0 amide bonds. The molecule has 0 aliphatic heterocycles. The second kappa shape index (κ2) is 5.79. The van der Waals surface area contributed by atoms with Crippen LogP contribution in [0.5, 0.6) is 0 Å². The van der Waals surface area contributed by atoms with E-state index in [9.17, 15) is 0 Å². The summed E-state index contributed by atoms with van der Waals surface area (Å²) in [6, 6.07) is 11.2. The van der Waals surface area contributed by atoms with Gasteiger partial charge in [0, 0.05) is 18.4 Å². The standard InChI is InChI=1S/C21H29N/c1-14-13-15(2)17(4)20(16(14)3)22(8)19-11-9-18(10-12-19)21(5,6)7/h9-13H,1-8H3. The molecule has 0 spiro atoms. The number of hydrogen-bond donors (Lipinski definition) is 0. The molecule has 22 heavy (non-hydrogen) atoms. The number of benzene rings is 2. The van der Waals surface area contributed by atoms with Crippen LogP contribution >= 0.6 is 0 Å². The molecule has 0 bridgehead atoms. The quantitative estimate of drug-likeness (QED) is 0.658. The van der Waals surface area contributed by atoms with Gasteiger partial charge in [-0.2, -0.15) is 0 Å². The van der Waals surface area contributed by atoms with E-state index in [1.165, 1.54) is 39.2 Å². The number of hydrogen-bond acceptors (Lipinski definition) is 1. The molecule has 0 radical (unpaired) electrons. The van der Waals surface area contributed by atoms with Crippen molar-refractivity contribution in [1.29, 1.82) is 0 Å². The van der Waals surface area contributed by atoms with Crippen molar-refractivity contribution in [2.75, 3.05) is 11.9 Å². The van der Waals surface area contributed by atoms with E-state index < -0.39 is 0 Å². The van der Waals surface area contributed by atoms with Gasteiger partial charge in [0.15, 0.2) is 0 Å². The van der Waals surface area contributed by atoms with Gasteiger partial charge in [-0.15, -0.1) is 0 Å². The molecule has 0 aliphatic rings. The lowest BCUT2D eigenvalue weighted by Crippen LogP contribution is -2.15. The molecule has 1 nitrogen and oxygen atoms in total. The molecule has 0 N–H and O–H groups in total. The minimum Gasteiger partial charge on any atom is -0.344 e. The second-order valence-electron chi connectivity index (χ2n) is 7.46. The van der Waals surface area contributed by atoms with Crippen LogP contribution in [0.2, 0.25) is 0 Å². The maximum absolute atomic E-state index is 2.32. The van der Waals surface area contributed by atoms with Crippen LogP contribution in [-0.4, -0.2) is 7.05 Å². The first-order chi connectivity index (χ1) is 10.1. The molecule has 0 aliphatic carbocycles. The summed E-state index contributed by atoms with van der Waals surface area (Å²) in [5.74, 6) is 0. The maximum Gasteiger partial charge on any atom is 0.0472 e. The number of rotatable bonds is 2. The Labute approximate surface area is 136 Å². The molecular formula is C21H29N. The molecule has 2 aromatic rings. The van der Waals surface area contributed by atoms with Gasteiger partial charge in [-0.1, -0.05) is 39.0 Å². The highest BCUT2D eigenvalue weighted by atomic mass is 15.1. The summed E-state index contributed by atoms with van der Waals surface area (Å²) in [7, 11) is 2.17. The van der Waals surface area contributed by atoms with Gasteiger partial charge in [0.05, 0.1) is 0 Å². The van der Waals surface area contributed by atoms with Crippen molar-refractivity contribution in [2.24, 2.45) is 0 Å². The highest BCUT2D eigenvalue weighted by molar-refractivity contribution is 5.71. The Bertz CT molecular complexity index is 646. The molecule has 0 aromatic heterocycles. The smallest absolute Gasteiger partial charge is 0.0472 e. The van der Waals surface area contributed by atoms with Crippen LogP contribution in [0.1, 0.15) is 48.6 Å². The monoisotopic (exact) mass is 295 g/mol. The van der Waals surface area contributed by atoms with Gasteiger partial charge in [-0.25, -0.2) is 0 Å². The third-order valence-corrected chi connectivity index (χ3v) is 4.78. The third kappa shape index (κ3) is 3.04. The minimum absolute atomic E-state index is 0.197. The van der Waals surface area contributed by atoms with Crippen molar-refractivity contribution in [3.05, 3.63) is 58.1 Å². The molecule has 2 aromatic carbocycles. The average molecular weight is 295 g/mol. The fraction of sp³-hybridized carbons (Fsp3) is 0.429. The number of nitrogens with zero attached hydrogens (tertiary/aromatic N) is 1. The van der Waals surface area contributed by atoms with Crippen LogP contribution in [0, 0.1) is 27.7 Å². The Morgan fingerprint density at radius 2 is 1.23 bits per heavy atom. The van der Waals surface area contributed by atoms with Crippen LogP contribution in [0.4, 0.5) is 11.4 Å². The Hall–Kier alpha value is -1.76. The average Bonchev–Trinajstić information content (AvgIpc) is 2.44. The fourth-order valence-corrected chi connectivity index (χ4v) is 3.01. The van der Waals surface area contributed by atoms with Gasteiger partial charge in [0.25, 0.3) is 0 Å². The summed E-state index contributed by atoms with van der Waals surface area (Å²) in [5.41, 5.74) is 9.59. The highest BCUT2D eigenvalue weighted by Gasteiger charge is 2.16. The van der Waals surface area contributed by atoms with Crippen molar-refractivity contribution in [2.45, 2.75) is 53.9 Å². The summed E-state index contributed by atoms with van der Waals surface area (Å²) in [4.78, 5) is 2.32. The molecule has 0 saturated heterocycles. The first-order valence-electron chi connectivity index (χ1n) is 8.04. The number of aryl methyl sites for hydroxylation is 2. The van der Waals surface area contributed by atoms with Gasteiger partial charge >= 0.3 is 0 Å². The Balaban J connectivity index is 2.47. The molecule has 0 saturated carbocycles. The Morgan fingerprint density at radius 1 is 0.773 bits per heavy atom. The maximum atomic E-state index is 2.32. The molecule has 1 heteroatoms. The second-order valence-corrected chi connectivity index (χ2v) is 7.46. The lowest BCUT2D eigenvalue weighted by atomic mass is 9.87. The summed E-state index contributed by atoms with van der Waals surface area (Å²) in [6.45, 7) is 15.6. The van der Waals surface area contributed by atoms with E-state index in [1.54, 1.807) is 0 Å². The van der Waals surface area contributed by atoms with Gasteiger partial charge in [0.1, 0.15) is 0 Å². The first kappa shape index (κ1) is 16.6. The van der Waals surface area contributed by atoms with Crippen LogP contribution in [0.25, 0.3) is 0 Å². The summed E-state index contributed by atoms with van der Waals surface area (Å²) >= 11 is 0. The molecule has 2 rings (SSSR count). The van der Waals surface area contributed by atoms with E-state index in [0.29, 0.717) is 0 Å². The molecule has 0 fully saturated rings. The van der Waals surface area contributed by atoms with E-state index in [1.807, 2.05) is 0 Å². The van der Waals surface area contributed by atoms with Gasteiger partial charge < -0.3 is 4.90 Å². The SMILES string of the molecule is Cc1cc(C)c(C)c(N(C)c2ccc(C(C)(C)C)cc2)c1C. The third-order valence-electron chi connectivity index (χ3n) is 4.78. The van der Waals surface area contributed by atoms with Crippen LogP contribution < -0.4 is 4.90 Å². The highest BCUT2D eigenvalue weighted by Crippen LogP contribution is 2.34. The fourth-order valence-electron chi connectivity index (χ4n) is 3.01. The zero-order valence-corrected chi connectivity index (χ0v) is 15.3. The van der Waals surface area contributed by atoms with Crippen LogP contribution in [-0.2, 0) is 5.41 Å². The Kier molecular flexibility index (Phi) is 4.37. The predicted molar refractivity (Wildman–Crippen MR) is 98.6 cm³/mol. The summed E-state index contributed by atoms with van der Waals surface area (Å²) in [6.07, 6.45) is 0. The largest absolute Gasteiger partial charge is 0.344 e. The lowest BCUT2D eigenvalue weighted by Gasteiger charge is -2.27. The summed E-state index contributed by atoms with van der Waals surface area (Å²) < 4.78 is 0. The normalized spacial score (nSPS) is 11.6. The van der Waals surface area contributed by atoms with E-state index >= 15 is 0 Å². The van der Waals surface area contributed by atoms with E-state index in [-0.39, 0.29) is 5.41 Å². The molecule has 0 unspecified atom stereocenters. The Morgan fingerprint density at radius 3 is 1.64 bits per heavy atom. The predicted octanol–water partition coefficient (Wildman–Crippen LogP) is 5.99. The molecule has 118 valence electrons. The first-order valence-corrected chi connectivity index (χ1v) is 8.04. The van der Waals surface area contributed by atoms with E-state index in [2.05, 4.69) is 90.7 Å².